The zero-order chi connectivity index (χ0) is 15.2. The molecule has 1 aromatic carbocycles. The van der Waals surface area contributed by atoms with Crippen molar-refractivity contribution in [1.82, 2.24) is 10.2 Å². The Hall–Kier alpha value is -2.08. The fourth-order valence-corrected chi connectivity index (χ4v) is 1.99. The van der Waals surface area contributed by atoms with Crippen LogP contribution < -0.4 is 10.1 Å². The summed E-state index contributed by atoms with van der Waals surface area (Å²) in [5, 5.41) is 20.7. The van der Waals surface area contributed by atoms with Gasteiger partial charge in [-0.05, 0) is 32.0 Å². The molecule has 2 rings (SSSR count). The molecule has 2 N–H and O–H groups in total. The first kappa shape index (κ1) is 15.3. The van der Waals surface area contributed by atoms with Crippen LogP contribution in [-0.2, 0) is 13.0 Å². The van der Waals surface area contributed by atoms with Crippen LogP contribution in [0.4, 0.5) is 5.69 Å². The summed E-state index contributed by atoms with van der Waals surface area (Å²) in [6.07, 6.45) is 0.720. The molecule has 0 amide bonds. The van der Waals surface area contributed by atoms with Crippen LogP contribution in [0, 0.1) is 0 Å². The minimum atomic E-state index is -0.109. The third kappa shape index (κ3) is 3.72. The molecule has 0 fully saturated rings. The Kier molecular flexibility index (Phi) is 5.16. The first-order valence-corrected chi connectivity index (χ1v) is 7.13. The summed E-state index contributed by atoms with van der Waals surface area (Å²) in [4.78, 5) is 0. The van der Waals surface area contributed by atoms with E-state index in [9.17, 15) is 5.11 Å². The van der Waals surface area contributed by atoms with Crippen molar-refractivity contribution in [1.29, 1.82) is 0 Å². The number of benzene rings is 1. The number of anilines is 1. The van der Waals surface area contributed by atoms with Crippen LogP contribution >= 0.6 is 0 Å². The van der Waals surface area contributed by atoms with Crippen LogP contribution in [0.1, 0.15) is 44.2 Å². The van der Waals surface area contributed by atoms with Gasteiger partial charge in [0.1, 0.15) is 11.8 Å². The molecule has 2 aromatic rings. The van der Waals surface area contributed by atoms with Gasteiger partial charge in [-0.2, -0.15) is 0 Å². The van der Waals surface area contributed by atoms with Crippen LogP contribution in [0.15, 0.2) is 22.6 Å². The molecule has 114 valence electrons. The number of rotatable bonds is 7. The van der Waals surface area contributed by atoms with Gasteiger partial charge in [0, 0.05) is 17.7 Å². The van der Waals surface area contributed by atoms with Gasteiger partial charge < -0.3 is 19.6 Å². The zero-order valence-corrected chi connectivity index (χ0v) is 12.6. The number of hydrogen-bond acceptors (Lipinski definition) is 6. The highest BCUT2D eigenvalue weighted by Gasteiger charge is 2.14. The van der Waals surface area contributed by atoms with Gasteiger partial charge in [0.15, 0.2) is 0 Å². The highest BCUT2D eigenvalue weighted by Crippen LogP contribution is 2.25. The third-order valence-corrected chi connectivity index (χ3v) is 3.07. The molecule has 0 spiro atoms. The Balaban J connectivity index is 2.11. The number of aromatic nitrogens is 2. The molecule has 1 unspecified atom stereocenters. The van der Waals surface area contributed by atoms with Crippen molar-refractivity contribution in [2.75, 3.05) is 11.9 Å². The zero-order valence-electron chi connectivity index (χ0n) is 12.6. The lowest BCUT2D eigenvalue weighted by atomic mass is 10.1. The van der Waals surface area contributed by atoms with E-state index >= 15 is 0 Å². The quantitative estimate of drug-likeness (QED) is 0.816. The van der Waals surface area contributed by atoms with E-state index in [0.29, 0.717) is 24.1 Å². The van der Waals surface area contributed by atoms with Crippen LogP contribution in [0.3, 0.4) is 0 Å². The molecule has 1 heterocycles. The van der Waals surface area contributed by atoms with E-state index in [0.717, 1.165) is 17.7 Å². The highest BCUT2D eigenvalue weighted by molar-refractivity contribution is 5.51. The second-order valence-corrected chi connectivity index (χ2v) is 4.67. The lowest BCUT2D eigenvalue weighted by molar-refractivity contribution is 0.267. The molecular formula is C15H21N3O3. The molecule has 0 radical (unpaired) electrons. The molecule has 0 aliphatic heterocycles. The van der Waals surface area contributed by atoms with Crippen molar-refractivity contribution in [2.24, 2.45) is 0 Å². The predicted octanol–water partition coefficient (Wildman–Crippen LogP) is 2.70. The Morgan fingerprint density at radius 2 is 2.14 bits per heavy atom. The van der Waals surface area contributed by atoms with Crippen molar-refractivity contribution >= 4 is 5.69 Å². The van der Waals surface area contributed by atoms with E-state index in [1.807, 2.05) is 39.0 Å². The maximum atomic E-state index is 9.41. The summed E-state index contributed by atoms with van der Waals surface area (Å²) in [5.74, 6) is 1.87. The van der Waals surface area contributed by atoms with Crippen molar-refractivity contribution in [2.45, 2.75) is 39.8 Å². The van der Waals surface area contributed by atoms with E-state index in [1.165, 1.54) is 0 Å². The highest BCUT2D eigenvalue weighted by atomic mass is 16.5. The SMILES string of the molecule is CCOc1ccc(NC(C)c2nnc(CC)o2)cc1CO. The molecule has 0 aliphatic rings. The van der Waals surface area contributed by atoms with Crippen molar-refractivity contribution in [3.63, 3.8) is 0 Å². The van der Waals surface area contributed by atoms with Crippen molar-refractivity contribution in [3.05, 3.63) is 35.5 Å². The minimum absolute atomic E-state index is 0.0697. The number of aliphatic hydroxyl groups is 1. The van der Waals surface area contributed by atoms with Crippen LogP contribution in [0.2, 0.25) is 0 Å². The molecule has 0 saturated carbocycles. The second-order valence-electron chi connectivity index (χ2n) is 4.67. The van der Waals surface area contributed by atoms with Crippen molar-refractivity contribution < 1.29 is 14.3 Å². The van der Waals surface area contributed by atoms with Gasteiger partial charge in [-0.1, -0.05) is 6.92 Å². The first-order valence-electron chi connectivity index (χ1n) is 7.13. The normalized spacial score (nSPS) is 12.2. The molecule has 1 aromatic heterocycles. The Bertz CT molecular complexity index is 583. The number of hydrogen-bond donors (Lipinski definition) is 2. The van der Waals surface area contributed by atoms with Crippen molar-refractivity contribution in [3.8, 4) is 5.75 Å². The summed E-state index contributed by atoms with van der Waals surface area (Å²) in [7, 11) is 0. The Morgan fingerprint density at radius 1 is 1.33 bits per heavy atom. The number of aliphatic hydroxyl groups excluding tert-OH is 1. The standard InChI is InChI=1S/C15H21N3O3/c1-4-14-17-18-15(21-14)10(3)16-12-6-7-13(20-5-2)11(8-12)9-19/h6-8,10,16,19H,4-5,9H2,1-3H3. The van der Waals surface area contributed by atoms with E-state index in [4.69, 9.17) is 9.15 Å². The van der Waals surface area contributed by atoms with Gasteiger partial charge in [-0.3, -0.25) is 0 Å². The number of ether oxygens (including phenoxy) is 1. The molecule has 6 heteroatoms. The van der Waals surface area contributed by atoms with Gasteiger partial charge in [0.05, 0.1) is 13.2 Å². The third-order valence-electron chi connectivity index (χ3n) is 3.07. The molecule has 21 heavy (non-hydrogen) atoms. The number of aryl methyl sites for hydroxylation is 1. The Morgan fingerprint density at radius 3 is 2.76 bits per heavy atom. The van der Waals surface area contributed by atoms with E-state index < -0.39 is 0 Å². The van der Waals surface area contributed by atoms with Gasteiger partial charge >= 0.3 is 0 Å². The van der Waals surface area contributed by atoms with Crippen LogP contribution in [0.5, 0.6) is 5.75 Å². The minimum Gasteiger partial charge on any atom is -0.494 e. The summed E-state index contributed by atoms with van der Waals surface area (Å²) in [6.45, 7) is 6.32. The number of nitrogens with zero attached hydrogens (tertiary/aromatic N) is 2. The average molecular weight is 291 g/mol. The number of nitrogens with one attached hydrogen (secondary N) is 1. The van der Waals surface area contributed by atoms with E-state index in [2.05, 4.69) is 15.5 Å². The molecule has 6 nitrogen and oxygen atoms in total. The lowest BCUT2D eigenvalue weighted by Gasteiger charge is -2.14. The average Bonchev–Trinajstić information content (AvgIpc) is 2.98. The summed E-state index contributed by atoms with van der Waals surface area (Å²) in [5.41, 5.74) is 1.61. The molecule has 1 atom stereocenters. The second kappa shape index (κ2) is 7.08. The molecule has 0 aliphatic carbocycles. The van der Waals surface area contributed by atoms with Gasteiger partial charge in [0.25, 0.3) is 0 Å². The Labute approximate surface area is 124 Å². The monoisotopic (exact) mass is 291 g/mol. The van der Waals surface area contributed by atoms with Crippen LogP contribution in [-0.4, -0.2) is 21.9 Å². The molecule has 0 saturated heterocycles. The predicted molar refractivity (Wildman–Crippen MR) is 79.2 cm³/mol. The molecular weight excluding hydrogens is 270 g/mol. The smallest absolute Gasteiger partial charge is 0.238 e. The van der Waals surface area contributed by atoms with Gasteiger partial charge in [-0.25, -0.2) is 0 Å². The summed E-state index contributed by atoms with van der Waals surface area (Å²) < 4.78 is 11.0. The first-order chi connectivity index (χ1) is 10.2. The fraction of sp³-hybridized carbons (Fsp3) is 0.467. The fourth-order valence-electron chi connectivity index (χ4n) is 1.99. The van der Waals surface area contributed by atoms with Gasteiger partial charge in [-0.15, -0.1) is 10.2 Å². The van der Waals surface area contributed by atoms with Crippen LogP contribution in [0.25, 0.3) is 0 Å². The van der Waals surface area contributed by atoms with E-state index in [-0.39, 0.29) is 12.6 Å². The molecule has 0 bridgehead atoms. The maximum Gasteiger partial charge on any atom is 0.238 e. The maximum absolute atomic E-state index is 9.41. The summed E-state index contributed by atoms with van der Waals surface area (Å²) in [6, 6.07) is 5.49. The lowest BCUT2D eigenvalue weighted by Crippen LogP contribution is -2.08. The topological polar surface area (TPSA) is 80.4 Å². The van der Waals surface area contributed by atoms with E-state index in [1.54, 1.807) is 0 Å². The summed E-state index contributed by atoms with van der Waals surface area (Å²) >= 11 is 0. The van der Waals surface area contributed by atoms with Gasteiger partial charge in [0.2, 0.25) is 11.8 Å². The largest absolute Gasteiger partial charge is 0.494 e.